The van der Waals surface area contributed by atoms with Gasteiger partial charge in [0.15, 0.2) is 6.61 Å². The molecule has 0 saturated carbocycles. The lowest BCUT2D eigenvalue weighted by atomic mass is 10.3. The number of hydrogen-bond donors (Lipinski definition) is 2. The molecule has 2 N–H and O–H groups in total. The van der Waals surface area contributed by atoms with E-state index in [-0.39, 0.29) is 17.4 Å². The van der Waals surface area contributed by atoms with E-state index in [1.807, 2.05) is 17.5 Å². The van der Waals surface area contributed by atoms with Gasteiger partial charge in [0.05, 0.1) is 0 Å². The van der Waals surface area contributed by atoms with E-state index in [1.165, 1.54) is 10.9 Å². The molecule has 0 spiro atoms. The summed E-state index contributed by atoms with van der Waals surface area (Å²) in [5.74, 6) is -0.810. The van der Waals surface area contributed by atoms with Gasteiger partial charge in [-0.25, -0.2) is 4.79 Å². The molecule has 5 nitrogen and oxygen atoms in total. The summed E-state index contributed by atoms with van der Waals surface area (Å²) in [4.78, 5) is 23.6. The molecule has 0 aliphatic rings. The van der Waals surface area contributed by atoms with E-state index in [0.717, 1.165) is 17.8 Å². The van der Waals surface area contributed by atoms with Crippen LogP contribution in [-0.4, -0.2) is 30.1 Å². The number of amides is 1. The van der Waals surface area contributed by atoms with Crippen molar-refractivity contribution in [1.29, 1.82) is 0 Å². The standard InChI is InChI=1S/C13H13NO4S2/c15-12(14-4-3-10-2-1-5-19-10)7-18-9-6-11(13(16)17)20-8-9/h1-2,5-6,8H,3-4,7H2,(H,14,15)(H,16,17). The average Bonchev–Trinajstić information content (AvgIpc) is 3.07. The molecule has 2 rings (SSSR count). The maximum atomic E-state index is 11.5. The highest BCUT2D eigenvalue weighted by Gasteiger charge is 2.09. The lowest BCUT2D eigenvalue weighted by Crippen LogP contribution is -2.30. The van der Waals surface area contributed by atoms with E-state index >= 15 is 0 Å². The Balaban J connectivity index is 1.67. The molecular formula is C13H13NO4S2. The fourth-order valence-electron chi connectivity index (χ4n) is 1.49. The summed E-state index contributed by atoms with van der Waals surface area (Å²) in [6, 6.07) is 5.40. The molecular weight excluding hydrogens is 298 g/mol. The van der Waals surface area contributed by atoms with Crippen LogP contribution < -0.4 is 10.1 Å². The Morgan fingerprint density at radius 1 is 1.35 bits per heavy atom. The number of ether oxygens (including phenoxy) is 1. The van der Waals surface area contributed by atoms with Crippen LogP contribution in [0.25, 0.3) is 0 Å². The lowest BCUT2D eigenvalue weighted by molar-refractivity contribution is -0.123. The highest BCUT2D eigenvalue weighted by molar-refractivity contribution is 7.12. The fraction of sp³-hybridized carbons (Fsp3) is 0.231. The third-order valence-electron chi connectivity index (χ3n) is 2.43. The van der Waals surface area contributed by atoms with Crippen molar-refractivity contribution >= 4 is 34.6 Å². The maximum Gasteiger partial charge on any atom is 0.346 e. The highest BCUT2D eigenvalue weighted by atomic mass is 32.1. The quantitative estimate of drug-likeness (QED) is 0.822. The second-order valence-corrected chi connectivity index (χ2v) is 5.86. The first-order valence-electron chi connectivity index (χ1n) is 5.89. The fourth-order valence-corrected chi connectivity index (χ4v) is 2.86. The summed E-state index contributed by atoms with van der Waals surface area (Å²) in [7, 11) is 0. The predicted octanol–water partition coefficient (Wildman–Crippen LogP) is 2.25. The third-order valence-corrected chi connectivity index (χ3v) is 4.26. The first kappa shape index (κ1) is 14.5. The van der Waals surface area contributed by atoms with Crippen LogP contribution in [-0.2, 0) is 11.2 Å². The first-order chi connectivity index (χ1) is 9.65. The van der Waals surface area contributed by atoms with E-state index in [2.05, 4.69) is 5.32 Å². The molecule has 2 heterocycles. The van der Waals surface area contributed by atoms with Crippen LogP contribution >= 0.6 is 22.7 Å². The van der Waals surface area contributed by atoms with Crippen LogP contribution in [0.3, 0.4) is 0 Å². The summed E-state index contributed by atoms with van der Waals surface area (Å²) in [6.07, 6.45) is 0.797. The van der Waals surface area contributed by atoms with Gasteiger partial charge in [0.1, 0.15) is 10.6 Å². The molecule has 0 aromatic carbocycles. The lowest BCUT2D eigenvalue weighted by Gasteiger charge is -2.05. The molecule has 1 amide bonds. The Bertz CT molecular complexity index is 577. The molecule has 0 atom stereocenters. The molecule has 0 fully saturated rings. The van der Waals surface area contributed by atoms with Gasteiger partial charge in [-0.15, -0.1) is 22.7 Å². The van der Waals surface area contributed by atoms with Crippen molar-refractivity contribution in [3.8, 4) is 5.75 Å². The average molecular weight is 311 g/mol. The van der Waals surface area contributed by atoms with Crippen LogP contribution in [0.1, 0.15) is 14.5 Å². The second kappa shape index (κ2) is 7.06. The smallest absolute Gasteiger partial charge is 0.346 e. The van der Waals surface area contributed by atoms with Crippen molar-refractivity contribution in [2.75, 3.05) is 13.2 Å². The number of rotatable bonds is 7. The number of hydrogen-bond acceptors (Lipinski definition) is 5. The number of aromatic carboxylic acids is 1. The Labute approximate surface area is 123 Å². The zero-order chi connectivity index (χ0) is 14.4. The van der Waals surface area contributed by atoms with Gasteiger partial charge in [-0.2, -0.15) is 0 Å². The van der Waals surface area contributed by atoms with Crippen LogP contribution in [0.4, 0.5) is 0 Å². The number of carbonyl (C=O) groups is 2. The highest BCUT2D eigenvalue weighted by Crippen LogP contribution is 2.21. The number of carboxylic acid groups (broad SMARTS) is 1. The van der Waals surface area contributed by atoms with Crippen molar-refractivity contribution in [2.24, 2.45) is 0 Å². The van der Waals surface area contributed by atoms with E-state index < -0.39 is 5.97 Å². The molecule has 2 aromatic rings. The van der Waals surface area contributed by atoms with Crippen molar-refractivity contribution < 1.29 is 19.4 Å². The van der Waals surface area contributed by atoms with Gasteiger partial charge < -0.3 is 15.2 Å². The van der Waals surface area contributed by atoms with Gasteiger partial charge in [0, 0.05) is 22.9 Å². The predicted molar refractivity (Wildman–Crippen MR) is 77.8 cm³/mol. The van der Waals surface area contributed by atoms with Crippen molar-refractivity contribution in [3.05, 3.63) is 38.7 Å². The Kier molecular flexibility index (Phi) is 5.14. The minimum Gasteiger partial charge on any atom is -0.483 e. The van der Waals surface area contributed by atoms with E-state index in [4.69, 9.17) is 9.84 Å². The van der Waals surface area contributed by atoms with Crippen LogP contribution in [0.15, 0.2) is 29.0 Å². The normalized spacial score (nSPS) is 10.2. The zero-order valence-corrected chi connectivity index (χ0v) is 12.1. The van der Waals surface area contributed by atoms with Crippen LogP contribution in [0, 0.1) is 0 Å². The molecule has 2 aromatic heterocycles. The van der Waals surface area contributed by atoms with Gasteiger partial charge >= 0.3 is 5.97 Å². The summed E-state index contributed by atoms with van der Waals surface area (Å²) >= 11 is 2.72. The summed E-state index contributed by atoms with van der Waals surface area (Å²) in [5, 5.41) is 15.1. The molecule has 0 aliphatic carbocycles. The second-order valence-electron chi connectivity index (χ2n) is 3.92. The van der Waals surface area contributed by atoms with E-state index in [0.29, 0.717) is 12.3 Å². The zero-order valence-electron chi connectivity index (χ0n) is 10.5. The van der Waals surface area contributed by atoms with Gasteiger partial charge in [0.25, 0.3) is 5.91 Å². The van der Waals surface area contributed by atoms with E-state index in [1.54, 1.807) is 16.7 Å². The van der Waals surface area contributed by atoms with Gasteiger partial charge in [-0.3, -0.25) is 4.79 Å². The monoisotopic (exact) mass is 311 g/mol. The molecule has 0 aliphatic heterocycles. The Morgan fingerprint density at radius 3 is 2.85 bits per heavy atom. The minimum absolute atomic E-state index is 0.111. The molecule has 0 unspecified atom stereocenters. The maximum absolute atomic E-state index is 11.5. The number of carboxylic acids is 1. The van der Waals surface area contributed by atoms with Crippen LogP contribution in [0.2, 0.25) is 0 Å². The van der Waals surface area contributed by atoms with Gasteiger partial charge in [-0.1, -0.05) is 6.07 Å². The number of thiophene rings is 2. The molecule has 7 heteroatoms. The summed E-state index contributed by atoms with van der Waals surface area (Å²) < 4.78 is 5.22. The first-order valence-corrected chi connectivity index (χ1v) is 7.65. The van der Waals surface area contributed by atoms with Crippen molar-refractivity contribution in [2.45, 2.75) is 6.42 Å². The van der Waals surface area contributed by atoms with Crippen molar-refractivity contribution in [1.82, 2.24) is 5.32 Å². The topological polar surface area (TPSA) is 75.6 Å². The molecule has 106 valence electrons. The SMILES string of the molecule is O=C(COc1csc(C(=O)O)c1)NCCc1cccs1. The minimum atomic E-state index is -0.995. The summed E-state index contributed by atoms with van der Waals surface area (Å²) in [6.45, 7) is 0.451. The molecule has 0 saturated heterocycles. The third kappa shape index (κ3) is 4.36. The molecule has 0 radical (unpaired) electrons. The largest absolute Gasteiger partial charge is 0.483 e. The van der Waals surface area contributed by atoms with Crippen molar-refractivity contribution in [3.63, 3.8) is 0 Å². The van der Waals surface area contributed by atoms with Gasteiger partial charge in [-0.05, 0) is 17.9 Å². The molecule has 0 bridgehead atoms. The van der Waals surface area contributed by atoms with E-state index in [9.17, 15) is 9.59 Å². The molecule has 20 heavy (non-hydrogen) atoms. The van der Waals surface area contributed by atoms with Crippen LogP contribution in [0.5, 0.6) is 5.75 Å². The number of carbonyl (C=O) groups excluding carboxylic acids is 1. The Hall–Kier alpha value is -1.86. The summed E-state index contributed by atoms with van der Waals surface area (Å²) in [5.41, 5.74) is 0. The Morgan fingerprint density at radius 2 is 2.20 bits per heavy atom. The van der Waals surface area contributed by atoms with Gasteiger partial charge in [0.2, 0.25) is 0 Å². The number of nitrogens with one attached hydrogen (secondary N) is 1.